The first-order valence-corrected chi connectivity index (χ1v) is 10.6. The van der Waals surface area contributed by atoms with E-state index < -0.39 is 0 Å². The van der Waals surface area contributed by atoms with Gasteiger partial charge in [0.15, 0.2) is 0 Å². The highest BCUT2D eigenvalue weighted by Crippen LogP contribution is 2.31. The van der Waals surface area contributed by atoms with Crippen molar-refractivity contribution in [3.63, 3.8) is 0 Å². The zero-order chi connectivity index (χ0) is 20.7. The molecule has 1 amide bonds. The zero-order valence-electron chi connectivity index (χ0n) is 17.5. The number of likely N-dealkylation sites (N-methyl/N-ethyl adjacent to an activating group) is 1. The number of anilines is 2. The van der Waals surface area contributed by atoms with Gasteiger partial charge in [-0.2, -0.15) is 0 Å². The topological polar surface area (TPSA) is 75.8 Å². The van der Waals surface area contributed by atoms with Gasteiger partial charge in [-0.3, -0.25) is 15.2 Å². The van der Waals surface area contributed by atoms with Gasteiger partial charge in [-0.25, -0.2) is 15.9 Å². The van der Waals surface area contributed by atoms with Crippen LogP contribution in [0.15, 0.2) is 42.7 Å². The highest BCUT2D eigenvalue weighted by molar-refractivity contribution is 5.94. The number of hydrogen-bond acceptors (Lipinski definition) is 7. The van der Waals surface area contributed by atoms with Crippen molar-refractivity contribution in [2.45, 2.75) is 31.5 Å². The average molecular weight is 408 g/mol. The van der Waals surface area contributed by atoms with Gasteiger partial charge in [0.25, 0.3) is 0 Å². The number of amides is 1. The molecule has 0 spiro atoms. The van der Waals surface area contributed by atoms with Crippen molar-refractivity contribution in [3.8, 4) is 0 Å². The lowest BCUT2D eigenvalue weighted by Crippen LogP contribution is -2.60. The van der Waals surface area contributed by atoms with Crippen molar-refractivity contribution in [2.75, 3.05) is 43.1 Å². The molecule has 3 saturated heterocycles. The Balaban J connectivity index is 1.33. The Labute approximate surface area is 177 Å². The molecule has 4 heterocycles. The van der Waals surface area contributed by atoms with Gasteiger partial charge in [0.05, 0.1) is 24.0 Å². The number of pyridine rings is 1. The number of carbonyl (C=O) groups excluding carboxylic acids is 1. The normalized spacial score (nSPS) is 27.4. The average Bonchev–Trinajstić information content (AvgIpc) is 3.17. The maximum atomic E-state index is 12.7. The molecule has 8 heteroatoms. The molecule has 3 aliphatic rings. The maximum Gasteiger partial charge on any atom is 0.243 e. The zero-order valence-corrected chi connectivity index (χ0v) is 17.5. The van der Waals surface area contributed by atoms with Gasteiger partial charge in [-0.05, 0) is 43.3 Å². The van der Waals surface area contributed by atoms with E-state index in [1.807, 2.05) is 13.0 Å². The molecule has 1 aromatic carbocycles. The van der Waals surface area contributed by atoms with Crippen molar-refractivity contribution in [1.82, 2.24) is 26.2 Å². The summed E-state index contributed by atoms with van der Waals surface area (Å²) in [6.45, 7) is 6.32. The number of piperazine rings is 1. The molecule has 0 radical (unpaired) electrons. The lowest BCUT2D eigenvalue weighted by Gasteiger charge is -2.37. The predicted octanol–water partition coefficient (Wildman–Crippen LogP) is 0.969. The molecule has 0 bridgehead atoms. The third kappa shape index (κ3) is 3.56. The first kappa shape index (κ1) is 19.4. The summed E-state index contributed by atoms with van der Waals surface area (Å²) in [7, 11) is 2.17. The van der Waals surface area contributed by atoms with E-state index in [4.69, 9.17) is 0 Å². The molecule has 3 fully saturated rings. The first-order valence-electron chi connectivity index (χ1n) is 10.6. The summed E-state index contributed by atoms with van der Waals surface area (Å²) in [4.78, 5) is 21.7. The van der Waals surface area contributed by atoms with Crippen LogP contribution in [0.5, 0.6) is 0 Å². The van der Waals surface area contributed by atoms with Crippen LogP contribution in [0.2, 0.25) is 0 Å². The highest BCUT2D eigenvalue weighted by atomic mass is 16.2. The molecule has 158 valence electrons. The van der Waals surface area contributed by atoms with E-state index in [1.165, 1.54) is 11.3 Å². The minimum atomic E-state index is 0.0488. The van der Waals surface area contributed by atoms with Gasteiger partial charge in [0.1, 0.15) is 0 Å². The summed E-state index contributed by atoms with van der Waals surface area (Å²) in [6.07, 6.45) is 3.94. The Morgan fingerprint density at radius 3 is 2.53 bits per heavy atom. The lowest BCUT2D eigenvalue weighted by molar-refractivity contribution is -0.121. The second-order valence-electron chi connectivity index (χ2n) is 8.51. The molecule has 0 aliphatic carbocycles. The van der Waals surface area contributed by atoms with E-state index in [1.54, 1.807) is 17.4 Å². The Kier molecular flexibility index (Phi) is 5.16. The Morgan fingerprint density at radius 2 is 1.80 bits per heavy atom. The molecular formula is C22H29N7O. The van der Waals surface area contributed by atoms with Crippen LogP contribution >= 0.6 is 0 Å². The van der Waals surface area contributed by atoms with Gasteiger partial charge in [0, 0.05) is 50.5 Å². The smallest absolute Gasteiger partial charge is 0.243 e. The van der Waals surface area contributed by atoms with Crippen LogP contribution in [-0.2, 0) is 4.79 Å². The number of benzene rings is 1. The second kappa shape index (κ2) is 7.96. The van der Waals surface area contributed by atoms with Crippen LogP contribution in [0, 0.1) is 6.92 Å². The fraction of sp³-hybridized carbons (Fsp3) is 0.455. The lowest BCUT2D eigenvalue weighted by atomic mass is 9.93. The molecule has 0 saturated carbocycles. The fourth-order valence-electron chi connectivity index (χ4n) is 4.59. The first-order chi connectivity index (χ1) is 14.6. The second-order valence-corrected chi connectivity index (χ2v) is 8.51. The Hall–Kier alpha value is -2.52. The molecule has 30 heavy (non-hydrogen) atoms. The minimum absolute atomic E-state index is 0.0488. The molecule has 3 atom stereocenters. The number of aromatic nitrogens is 1. The van der Waals surface area contributed by atoms with Gasteiger partial charge in [-0.1, -0.05) is 12.1 Å². The van der Waals surface area contributed by atoms with Gasteiger partial charge in [-0.15, -0.1) is 0 Å². The SMILES string of the molecule is Cc1ccncc1N1NC2C(CC1=O)NNC2c1ccc(N2CCN(C)CC2)cc1. The summed E-state index contributed by atoms with van der Waals surface area (Å²) in [5.41, 5.74) is 14.5. The summed E-state index contributed by atoms with van der Waals surface area (Å²) in [6, 6.07) is 10.9. The van der Waals surface area contributed by atoms with Crippen LogP contribution in [0.3, 0.4) is 0 Å². The minimum Gasteiger partial charge on any atom is -0.369 e. The van der Waals surface area contributed by atoms with Crippen LogP contribution in [-0.4, -0.2) is 61.1 Å². The molecule has 8 nitrogen and oxygen atoms in total. The molecule has 5 rings (SSSR count). The summed E-state index contributed by atoms with van der Waals surface area (Å²) >= 11 is 0. The maximum absolute atomic E-state index is 12.7. The Morgan fingerprint density at radius 1 is 1.03 bits per heavy atom. The van der Waals surface area contributed by atoms with Crippen LogP contribution < -0.4 is 26.2 Å². The van der Waals surface area contributed by atoms with E-state index >= 15 is 0 Å². The molecule has 3 unspecified atom stereocenters. The monoisotopic (exact) mass is 407 g/mol. The molecule has 3 N–H and O–H groups in total. The van der Waals surface area contributed by atoms with Gasteiger partial charge >= 0.3 is 0 Å². The van der Waals surface area contributed by atoms with E-state index in [0.29, 0.717) is 6.42 Å². The Bertz CT molecular complexity index is 910. The molecule has 3 aliphatic heterocycles. The third-order valence-electron chi connectivity index (χ3n) is 6.51. The van der Waals surface area contributed by atoms with Crippen molar-refractivity contribution in [2.24, 2.45) is 0 Å². The molecular weight excluding hydrogens is 378 g/mol. The number of rotatable bonds is 3. The number of nitrogens with zero attached hydrogens (tertiary/aromatic N) is 4. The highest BCUT2D eigenvalue weighted by Gasteiger charge is 2.44. The predicted molar refractivity (Wildman–Crippen MR) is 117 cm³/mol. The molecule has 1 aromatic heterocycles. The van der Waals surface area contributed by atoms with E-state index in [9.17, 15) is 4.79 Å². The van der Waals surface area contributed by atoms with Crippen molar-refractivity contribution in [1.29, 1.82) is 0 Å². The standard InChI is InChI=1S/C22H29N7O/c1-15-7-8-23-14-19(15)29-20(30)13-18-22(26-29)21(25-24-18)16-3-5-17(6-4-16)28-11-9-27(2)10-12-28/h3-8,14,18,21-22,24-26H,9-13H2,1-2H3. The molecule has 2 aromatic rings. The van der Waals surface area contributed by atoms with Crippen LogP contribution in [0.25, 0.3) is 0 Å². The van der Waals surface area contributed by atoms with E-state index in [2.05, 4.69) is 62.4 Å². The van der Waals surface area contributed by atoms with E-state index in [0.717, 1.165) is 37.4 Å². The number of carbonyl (C=O) groups is 1. The van der Waals surface area contributed by atoms with Gasteiger partial charge < -0.3 is 9.80 Å². The van der Waals surface area contributed by atoms with E-state index in [-0.39, 0.29) is 24.0 Å². The number of fused-ring (bicyclic) bond motifs is 1. The third-order valence-corrected chi connectivity index (χ3v) is 6.51. The van der Waals surface area contributed by atoms with Gasteiger partial charge in [0.2, 0.25) is 5.91 Å². The quantitative estimate of drug-likeness (QED) is 0.700. The summed E-state index contributed by atoms with van der Waals surface area (Å²) in [5, 5.41) is 1.67. The fourth-order valence-corrected chi connectivity index (χ4v) is 4.59. The van der Waals surface area contributed by atoms with Crippen molar-refractivity contribution in [3.05, 3.63) is 53.9 Å². The van der Waals surface area contributed by atoms with Crippen LogP contribution in [0.4, 0.5) is 11.4 Å². The number of nitrogens with one attached hydrogen (secondary N) is 3. The van der Waals surface area contributed by atoms with Crippen molar-refractivity contribution >= 4 is 17.3 Å². The summed E-state index contributed by atoms with van der Waals surface area (Å²) < 4.78 is 0. The number of hydrazine groups is 2. The number of hydrogen-bond donors (Lipinski definition) is 3. The summed E-state index contributed by atoms with van der Waals surface area (Å²) in [5.74, 6) is 0.0488. The number of aryl methyl sites for hydroxylation is 1. The largest absolute Gasteiger partial charge is 0.369 e. The van der Waals surface area contributed by atoms with Crippen LogP contribution in [0.1, 0.15) is 23.6 Å². The van der Waals surface area contributed by atoms with Crippen molar-refractivity contribution < 1.29 is 4.79 Å².